The summed E-state index contributed by atoms with van der Waals surface area (Å²) < 4.78 is 0. The van der Waals surface area contributed by atoms with Gasteiger partial charge in [0.15, 0.2) is 0 Å². The molecule has 18 heavy (non-hydrogen) atoms. The molecule has 0 bridgehead atoms. The van der Waals surface area contributed by atoms with Crippen LogP contribution in [0.25, 0.3) is 0 Å². The number of rotatable bonds is 9. The molecule has 0 amide bonds. The van der Waals surface area contributed by atoms with Gasteiger partial charge in [-0.2, -0.15) is 11.8 Å². The predicted octanol–water partition coefficient (Wildman–Crippen LogP) is 3.47. The summed E-state index contributed by atoms with van der Waals surface area (Å²) in [6.07, 6.45) is 4.63. The van der Waals surface area contributed by atoms with Crippen LogP contribution in [-0.4, -0.2) is 49.1 Å². The molecule has 2 atom stereocenters. The molecule has 0 aliphatic heterocycles. The van der Waals surface area contributed by atoms with Gasteiger partial charge < -0.3 is 10.2 Å². The summed E-state index contributed by atoms with van der Waals surface area (Å²) in [7, 11) is 2.25. The molecule has 0 saturated carbocycles. The van der Waals surface area contributed by atoms with Crippen molar-refractivity contribution in [2.45, 2.75) is 59.5 Å². The lowest BCUT2D eigenvalue weighted by molar-refractivity contribution is 0.205. The summed E-state index contributed by atoms with van der Waals surface area (Å²) in [4.78, 5) is 2.49. The third-order valence-electron chi connectivity index (χ3n) is 3.62. The van der Waals surface area contributed by atoms with E-state index in [1.807, 2.05) is 11.8 Å². The van der Waals surface area contributed by atoms with E-state index in [2.05, 4.69) is 58.1 Å². The summed E-state index contributed by atoms with van der Waals surface area (Å²) in [6.45, 7) is 13.9. The fourth-order valence-corrected chi connectivity index (χ4v) is 2.82. The smallest absolute Gasteiger partial charge is 0.0154 e. The van der Waals surface area contributed by atoms with Crippen molar-refractivity contribution in [1.82, 2.24) is 10.2 Å². The zero-order chi connectivity index (χ0) is 14.2. The van der Waals surface area contributed by atoms with Crippen LogP contribution in [0, 0.1) is 5.41 Å². The first-order valence-corrected chi connectivity index (χ1v) is 8.64. The molecule has 0 aromatic heterocycles. The number of thioether (sulfide) groups is 1. The Morgan fingerprint density at radius 1 is 1.28 bits per heavy atom. The summed E-state index contributed by atoms with van der Waals surface area (Å²) in [5, 5.41) is 3.70. The van der Waals surface area contributed by atoms with Crippen LogP contribution in [0.15, 0.2) is 0 Å². The average molecular weight is 275 g/mol. The fourth-order valence-electron chi connectivity index (χ4n) is 2.08. The second kappa shape index (κ2) is 9.22. The van der Waals surface area contributed by atoms with Gasteiger partial charge in [-0.15, -0.1) is 0 Å². The van der Waals surface area contributed by atoms with E-state index in [-0.39, 0.29) is 0 Å². The highest BCUT2D eigenvalue weighted by atomic mass is 32.2. The zero-order valence-electron chi connectivity index (χ0n) is 13.5. The van der Waals surface area contributed by atoms with Gasteiger partial charge in [-0.3, -0.25) is 0 Å². The SMILES string of the molecule is CCCNC(CCN(C)C(C)CSC)C(C)(C)C. The third kappa shape index (κ3) is 7.65. The van der Waals surface area contributed by atoms with Crippen LogP contribution in [0.1, 0.15) is 47.5 Å². The Bertz CT molecular complexity index is 201. The van der Waals surface area contributed by atoms with Gasteiger partial charge in [0.1, 0.15) is 0 Å². The Balaban J connectivity index is 4.17. The van der Waals surface area contributed by atoms with Crippen molar-refractivity contribution in [3.05, 3.63) is 0 Å². The minimum atomic E-state index is 0.346. The van der Waals surface area contributed by atoms with Crippen molar-refractivity contribution in [3.8, 4) is 0 Å². The van der Waals surface area contributed by atoms with E-state index < -0.39 is 0 Å². The molecule has 0 radical (unpaired) electrons. The maximum absolute atomic E-state index is 3.70. The van der Waals surface area contributed by atoms with Crippen molar-refractivity contribution in [2.75, 3.05) is 32.1 Å². The lowest BCUT2D eigenvalue weighted by Gasteiger charge is -2.34. The number of nitrogens with one attached hydrogen (secondary N) is 1. The monoisotopic (exact) mass is 274 g/mol. The van der Waals surface area contributed by atoms with Crippen LogP contribution >= 0.6 is 11.8 Å². The van der Waals surface area contributed by atoms with Crippen molar-refractivity contribution in [3.63, 3.8) is 0 Å². The Morgan fingerprint density at radius 3 is 2.33 bits per heavy atom. The van der Waals surface area contributed by atoms with E-state index in [9.17, 15) is 0 Å². The van der Waals surface area contributed by atoms with Crippen LogP contribution in [0.4, 0.5) is 0 Å². The summed E-state index contributed by atoms with van der Waals surface area (Å²) in [6, 6.07) is 1.29. The molecule has 0 aliphatic rings. The van der Waals surface area contributed by atoms with Gasteiger partial charge in [0.25, 0.3) is 0 Å². The first-order valence-electron chi connectivity index (χ1n) is 7.25. The van der Waals surface area contributed by atoms with E-state index >= 15 is 0 Å². The molecular weight excluding hydrogens is 240 g/mol. The van der Waals surface area contributed by atoms with E-state index in [1.165, 1.54) is 25.1 Å². The maximum atomic E-state index is 3.70. The van der Waals surface area contributed by atoms with Crippen molar-refractivity contribution in [1.29, 1.82) is 0 Å². The molecule has 0 heterocycles. The van der Waals surface area contributed by atoms with Crippen molar-refractivity contribution in [2.24, 2.45) is 5.41 Å². The Labute approximate surface area is 119 Å². The fraction of sp³-hybridized carbons (Fsp3) is 1.00. The highest BCUT2D eigenvalue weighted by Crippen LogP contribution is 2.22. The molecule has 0 aromatic rings. The van der Waals surface area contributed by atoms with Crippen LogP contribution in [-0.2, 0) is 0 Å². The van der Waals surface area contributed by atoms with Gasteiger partial charge >= 0.3 is 0 Å². The van der Waals surface area contributed by atoms with Gasteiger partial charge in [-0.05, 0) is 51.6 Å². The Kier molecular flexibility index (Phi) is 9.36. The molecule has 0 saturated heterocycles. The molecule has 1 N–H and O–H groups in total. The van der Waals surface area contributed by atoms with Crippen molar-refractivity contribution >= 4 is 11.8 Å². The van der Waals surface area contributed by atoms with Gasteiger partial charge in [0.05, 0.1) is 0 Å². The number of hydrogen-bond donors (Lipinski definition) is 1. The van der Waals surface area contributed by atoms with Crippen LogP contribution in [0.2, 0.25) is 0 Å². The standard InChI is InChI=1S/C15H34N2S/c1-8-10-16-14(15(3,4)5)9-11-17(6)13(2)12-18-7/h13-14,16H,8-12H2,1-7H3. The molecular formula is C15H34N2S. The first-order chi connectivity index (χ1) is 8.32. The van der Waals surface area contributed by atoms with Crippen LogP contribution < -0.4 is 5.32 Å². The Morgan fingerprint density at radius 2 is 1.89 bits per heavy atom. The van der Waals surface area contributed by atoms with Crippen molar-refractivity contribution < 1.29 is 0 Å². The van der Waals surface area contributed by atoms with Crippen LogP contribution in [0.3, 0.4) is 0 Å². The summed E-state index contributed by atoms with van der Waals surface area (Å²) in [5.74, 6) is 1.22. The average Bonchev–Trinajstić information content (AvgIpc) is 2.27. The van der Waals surface area contributed by atoms with Crippen LogP contribution in [0.5, 0.6) is 0 Å². The summed E-state index contributed by atoms with van der Waals surface area (Å²) in [5.41, 5.74) is 0.346. The lowest BCUT2D eigenvalue weighted by Crippen LogP contribution is -2.44. The molecule has 0 aliphatic carbocycles. The molecule has 110 valence electrons. The molecule has 0 spiro atoms. The predicted molar refractivity (Wildman–Crippen MR) is 86.6 cm³/mol. The molecule has 0 aromatic carbocycles. The van der Waals surface area contributed by atoms with Gasteiger partial charge in [-0.1, -0.05) is 27.7 Å². The van der Waals surface area contributed by atoms with Gasteiger partial charge in [0.2, 0.25) is 0 Å². The first kappa shape index (κ1) is 18.3. The molecule has 0 fully saturated rings. The maximum Gasteiger partial charge on any atom is 0.0154 e. The second-order valence-electron chi connectivity index (χ2n) is 6.45. The molecule has 0 rings (SSSR count). The largest absolute Gasteiger partial charge is 0.313 e. The minimum Gasteiger partial charge on any atom is -0.313 e. The van der Waals surface area contributed by atoms with E-state index in [1.54, 1.807) is 0 Å². The zero-order valence-corrected chi connectivity index (χ0v) is 14.4. The van der Waals surface area contributed by atoms with Gasteiger partial charge in [0, 0.05) is 17.8 Å². The molecule has 2 unspecified atom stereocenters. The number of nitrogens with zero attached hydrogens (tertiary/aromatic N) is 1. The number of hydrogen-bond acceptors (Lipinski definition) is 3. The van der Waals surface area contributed by atoms with E-state index in [0.717, 1.165) is 6.54 Å². The minimum absolute atomic E-state index is 0.346. The third-order valence-corrected chi connectivity index (χ3v) is 4.43. The van der Waals surface area contributed by atoms with Gasteiger partial charge in [-0.25, -0.2) is 0 Å². The topological polar surface area (TPSA) is 15.3 Å². The quantitative estimate of drug-likeness (QED) is 0.693. The normalized spacial score (nSPS) is 16.0. The Hall–Kier alpha value is 0.270. The highest BCUT2D eigenvalue weighted by Gasteiger charge is 2.24. The highest BCUT2D eigenvalue weighted by molar-refractivity contribution is 7.98. The molecule has 3 heteroatoms. The summed E-state index contributed by atoms with van der Waals surface area (Å²) >= 11 is 1.93. The van der Waals surface area contributed by atoms with E-state index in [4.69, 9.17) is 0 Å². The lowest BCUT2D eigenvalue weighted by atomic mass is 9.84. The van der Waals surface area contributed by atoms with E-state index in [0.29, 0.717) is 17.5 Å². The molecule has 2 nitrogen and oxygen atoms in total. The second-order valence-corrected chi connectivity index (χ2v) is 7.36.